The molecule has 5 heteroatoms. The summed E-state index contributed by atoms with van der Waals surface area (Å²) < 4.78 is 5.15. The van der Waals surface area contributed by atoms with Crippen LogP contribution in [0.4, 0.5) is 0 Å². The van der Waals surface area contributed by atoms with Crippen molar-refractivity contribution >= 4 is 17.7 Å². The van der Waals surface area contributed by atoms with Gasteiger partial charge >= 0.3 is 5.97 Å². The summed E-state index contributed by atoms with van der Waals surface area (Å²) in [5.41, 5.74) is -0.862. The van der Waals surface area contributed by atoms with Crippen molar-refractivity contribution in [1.82, 2.24) is 4.90 Å². The smallest absolute Gasteiger partial charge is 0.332 e. The minimum absolute atomic E-state index is 0.00843. The third kappa shape index (κ3) is 1.82. The van der Waals surface area contributed by atoms with Crippen LogP contribution in [0.5, 0.6) is 0 Å². The summed E-state index contributed by atoms with van der Waals surface area (Å²) in [6.07, 6.45) is 1.93. The summed E-state index contributed by atoms with van der Waals surface area (Å²) in [6.45, 7) is 4.15. The minimum Gasteiger partial charge on any atom is -0.464 e. The third-order valence-electron chi connectivity index (χ3n) is 4.04. The molecule has 0 bridgehead atoms. The van der Waals surface area contributed by atoms with Crippen LogP contribution in [0, 0.1) is 5.92 Å². The number of hydrogen-bond acceptors (Lipinski definition) is 4. The van der Waals surface area contributed by atoms with Crippen LogP contribution in [0.15, 0.2) is 0 Å². The molecule has 0 aromatic carbocycles. The number of ether oxygens (including phenoxy) is 1. The summed E-state index contributed by atoms with van der Waals surface area (Å²) >= 11 is 0. The zero-order valence-electron chi connectivity index (χ0n) is 10.9. The number of carbonyl (C=O) groups excluding carboxylic acids is 3. The van der Waals surface area contributed by atoms with E-state index in [1.165, 1.54) is 6.92 Å². The van der Waals surface area contributed by atoms with Crippen molar-refractivity contribution in [3.05, 3.63) is 0 Å². The van der Waals surface area contributed by atoms with Crippen LogP contribution in [0.25, 0.3) is 0 Å². The Morgan fingerprint density at radius 1 is 1.50 bits per heavy atom. The molecule has 0 aromatic heterocycles. The first-order valence-corrected chi connectivity index (χ1v) is 6.49. The molecular formula is C13H19NO4. The summed E-state index contributed by atoms with van der Waals surface area (Å²) in [5.74, 6) is -0.348. The van der Waals surface area contributed by atoms with Crippen LogP contribution in [-0.2, 0) is 19.1 Å². The van der Waals surface area contributed by atoms with Crippen LogP contribution in [-0.4, -0.2) is 41.3 Å². The van der Waals surface area contributed by atoms with Gasteiger partial charge in [-0.3, -0.25) is 4.79 Å². The lowest BCUT2D eigenvalue weighted by Crippen LogP contribution is -2.52. The maximum Gasteiger partial charge on any atom is 0.332 e. The Balaban J connectivity index is 2.30. The SMILES string of the molecule is CCOC(=O)[C@@]12CCC(=O)N1CC[C@@H]2CC(C)=O. The molecule has 2 atom stereocenters. The van der Waals surface area contributed by atoms with Gasteiger partial charge in [0, 0.05) is 25.3 Å². The molecule has 5 nitrogen and oxygen atoms in total. The quantitative estimate of drug-likeness (QED) is 0.699. The van der Waals surface area contributed by atoms with Gasteiger partial charge in [0.2, 0.25) is 5.91 Å². The topological polar surface area (TPSA) is 63.7 Å². The standard InChI is InChI=1S/C13H19NO4/c1-3-18-12(17)13-6-4-11(16)14(13)7-5-10(13)8-9(2)15/h10H,3-8H2,1-2H3/t10-,13+/m1/s1. The largest absolute Gasteiger partial charge is 0.464 e. The molecule has 2 aliphatic heterocycles. The zero-order valence-corrected chi connectivity index (χ0v) is 10.9. The van der Waals surface area contributed by atoms with E-state index in [0.717, 1.165) is 0 Å². The third-order valence-corrected chi connectivity index (χ3v) is 4.04. The lowest BCUT2D eigenvalue weighted by atomic mass is 9.80. The van der Waals surface area contributed by atoms with Crippen molar-refractivity contribution < 1.29 is 19.1 Å². The Labute approximate surface area is 106 Å². The first kappa shape index (κ1) is 13.1. The summed E-state index contributed by atoms with van der Waals surface area (Å²) in [7, 11) is 0. The van der Waals surface area contributed by atoms with Crippen molar-refractivity contribution in [3.8, 4) is 0 Å². The number of carbonyl (C=O) groups is 3. The van der Waals surface area contributed by atoms with Crippen LogP contribution in [0.2, 0.25) is 0 Å². The van der Waals surface area contributed by atoms with Crippen molar-refractivity contribution in [2.24, 2.45) is 5.92 Å². The molecule has 18 heavy (non-hydrogen) atoms. The van der Waals surface area contributed by atoms with Crippen molar-refractivity contribution in [2.75, 3.05) is 13.2 Å². The van der Waals surface area contributed by atoms with E-state index in [1.807, 2.05) is 0 Å². The number of esters is 1. The van der Waals surface area contributed by atoms with Gasteiger partial charge in [-0.2, -0.15) is 0 Å². The molecule has 2 heterocycles. The molecule has 2 rings (SSSR count). The van der Waals surface area contributed by atoms with E-state index in [-0.39, 0.29) is 23.6 Å². The van der Waals surface area contributed by atoms with Crippen molar-refractivity contribution in [2.45, 2.75) is 45.1 Å². The average molecular weight is 253 g/mol. The predicted octanol–water partition coefficient (Wildman–Crippen LogP) is 0.910. The first-order chi connectivity index (χ1) is 8.52. The first-order valence-electron chi connectivity index (χ1n) is 6.49. The fourth-order valence-electron chi connectivity index (χ4n) is 3.32. The van der Waals surface area contributed by atoms with E-state index in [1.54, 1.807) is 11.8 Å². The van der Waals surface area contributed by atoms with Crippen LogP contribution >= 0.6 is 0 Å². The summed E-state index contributed by atoms with van der Waals surface area (Å²) in [6, 6.07) is 0. The highest BCUT2D eigenvalue weighted by molar-refractivity contribution is 5.93. The van der Waals surface area contributed by atoms with E-state index in [4.69, 9.17) is 4.74 Å². The molecule has 0 radical (unpaired) electrons. The van der Waals surface area contributed by atoms with Gasteiger partial charge in [-0.25, -0.2) is 4.79 Å². The van der Waals surface area contributed by atoms with Crippen molar-refractivity contribution in [3.63, 3.8) is 0 Å². The van der Waals surface area contributed by atoms with Gasteiger partial charge in [-0.05, 0) is 26.7 Å². The van der Waals surface area contributed by atoms with E-state index in [0.29, 0.717) is 38.8 Å². The number of hydrogen-bond donors (Lipinski definition) is 0. The highest BCUT2D eigenvalue weighted by Crippen LogP contribution is 2.46. The number of amides is 1. The number of fused-ring (bicyclic) bond motifs is 1. The maximum atomic E-state index is 12.3. The monoisotopic (exact) mass is 253 g/mol. The highest BCUT2D eigenvalue weighted by atomic mass is 16.5. The maximum absolute atomic E-state index is 12.3. The Hall–Kier alpha value is -1.39. The lowest BCUT2D eigenvalue weighted by molar-refractivity contribution is -0.160. The number of ketones is 1. The molecule has 0 N–H and O–H groups in total. The predicted molar refractivity (Wildman–Crippen MR) is 63.7 cm³/mol. The molecular weight excluding hydrogens is 234 g/mol. The number of rotatable bonds is 4. The second kappa shape index (κ2) is 4.71. The minimum atomic E-state index is -0.862. The second-order valence-electron chi connectivity index (χ2n) is 5.08. The molecule has 2 fully saturated rings. The van der Waals surface area contributed by atoms with Crippen LogP contribution < -0.4 is 0 Å². The summed E-state index contributed by atoms with van der Waals surface area (Å²) in [5, 5.41) is 0. The Morgan fingerprint density at radius 2 is 2.22 bits per heavy atom. The van der Waals surface area contributed by atoms with Gasteiger partial charge in [-0.1, -0.05) is 0 Å². The van der Waals surface area contributed by atoms with Gasteiger partial charge in [-0.15, -0.1) is 0 Å². The molecule has 2 saturated heterocycles. The number of Topliss-reactive ketones (excluding diaryl/α,β-unsaturated/α-hetero) is 1. The van der Waals surface area contributed by atoms with Gasteiger partial charge in [0.25, 0.3) is 0 Å². The zero-order chi connectivity index (χ0) is 13.3. The number of nitrogens with zero attached hydrogens (tertiary/aromatic N) is 1. The molecule has 0 unspecified atom stereocenters. The molecule has 0 aliphatic carbocycles. The van der Waals surface area contributed by atoms with E-state index in [9.17, 15) is 14.4 Å². The summed E-state index contributed by atoms with van der Waals surface area (Å²) in [4.78, 5) is 37.1. The van der Waals surface area contributed by atoms with E-state index in [2.05, 4.69) is 0 Å². The van der Waals surface area contributed by atoms with E-state index < -0.39 is 5.54 Å². The van der Waals surface area contributed by atoms with E-state index >= 15 is 0 Å². The molecule has 0 saturated carbocycles. The Bertz CT molecular complexity index is 392. The molecule has 100 valence electrons. The van der Waals surface area contributed by atoms with Gasteiger partial charge in [0.15, 0.2) is 0 Å². The molecule has 0 aromatic rings. The fourth-order valence-corrected chi connectivity index (χ4v) is 3.32. The Morgan fingerprint density at radius 3 is 2.83 bits per heavy atom. The van der Waals surface area contributed by atoms with Crippen LogP contribution in [0.1, 0.15) is 39.5 Å². The average Bonchev–Trinajstić information content (AvgIpc) is 2.80. The Kier molecular flexibility index (Phi) is 3.41. The fraction of sp³-hybridized carbons (Fsp3) is 0.769. The molecule has 1 amide bonds. The normalized spacial score (nSPS) is 30.4. The van der Waals surface area contributed by atoms with Gasteiger partial charge in [0.05, 0.1) is 6.61 Å². The van der Waals surface area contributed by atoms with Gasteiger partial charge in [0.1, 0.15) is 11.3 Å². The highest BCUT2D eigenvalue weighted by Gasteiger charge is 2.60. The van der Waals surface area contributed by atoms with Crippen LogP contribution in [0.3, 0.4) is 0 Å². The molecule has 2 aliphatic rings. The van der Waals surface area contributed by atoms with Crippen molar-refractivity contribution in [1.29, 1.82) is 0 Å². The molecule has 0 spiro atoms. The van der Waals surface area contributed by atoms with Gasteiger partial charge < -0.3 is 14.4 Å². The lowest BCUT2D eigenvalue weighted by Gasteiger charge is -2.34. The second-order valence-corrected chi connectivity index (χ2v) is 5.08.